The van der Waals surface area contributed by atoms with E-state index < -0.39 is 23.7 Å². The van der Waals surface area contributed by atoms with Crippen LogP contribution >= 0.6 is 0 Å². The van der Waals surface area contributed by atoms with Gasteiger partial charge in [-0.1, -0.05) is 13.0 Å². The number of allylic oxidation sites excluding steroid dienone is 1. The number of hydrogen-bond donors (Lipinski definition) is 2. The Morgan fingerprint density at radius 2 is 2.07 bits per heavy atom. The second-order valence-electron chi connectivity index (χ2n) is 6.76. The third-order valence-corrected chi connectivity index (χ3v) is 4.65. The van der Waals surface area contributed by atoms with Crippen LogP contribution in [-0.2, 0) is 17.9 Å². The van der Waals surface area contributed by atoms with E-state index in [1.807, 2.05) is 13.8 Å². The van der Waals surface area contributed by atoms with E-state index in [0.29, 0.717) is 5.56 Å². The van der Waals surface area contributed by atoms with Gasteiger partial charge in [0.05, 0.1) is 10.9 Å². The highest BCUT2D eigenvalue weighted by Crippen LogP contribution is 2.14. The number of carbonyl (C=O) groups excluding carboxylic acids is 2. The summed E-state index contributed by atoms with van der Waals surface area (Å²) in [5, 5.41) is 7.18. The minimum atomic E-state index is -0.744. The molecule has 0 aliphatic rings. The maximum atomic E-state index is 12.9. The molecular formula is C19H22N6O4. The molecule has 1 aromatic carbocycles. The first-order valence-electron chi connectivity index (χ1n) is 9.14. The summed E-state index contributed by atoms with van der Waals surface area (Å²) in [4.78, 5) is 49.6. The van der Waals surface area contributed by atoms with Gasteiger partial charge in [0.2, 0.25) is 11.7 Å². The Balaban J connectivity index is 2.34. The van der Waals surface area contributed by atoms with Crippen molar-refractivity contribution in [1.29, 1.82) is 0 Å². The largest absolute Gasteiger partial charge is 0.368 e. The Kier molecular flexibility index (Phi) is 5.35. The van der Waals surface area contributed by atoms with Crippen molar-refractivity contribution in [3.05, 3.63) is 57.3 Å². The lowest BCUT2D eigenvalue weighted by Crippen LogP contribution is -2.32. The number of rotatable bonds is 7. The molecule has 10 heteroatoms. The van der Waals surface area contributed by atoms with Gasteiger partial charge in [-0.05, 0) is 31.5 Å². The quantitative estimate of drug-likeness (QED) is 0.541. The molecule has 29 heavy (non-hydrogen) atoms. The summed E-state index contributed by atoms with van der Waals surface area (Å²) in [5.41, 5.74) is 4.69. The lowest BCUT2D eigenvalue weighted by atomic mass is 10.1. The van der Waals surface area contributed by atoms with Crippen LogP contribution in [0.2, 0.25) is 0 Å². The summed E-state index contributed by atoms with van der Waals surface area (Å²) in [6, 6.07) is 4.47. The fraction of sp³-hybridized carbons (Fsp3) is 0.316. The van der Waals surface area contributed by atoms with Gasteiger partial charge in [0, 0.05) is 18.2 Å². The lowest BCUT2D eigenvalue weighted by molar-refractivity contribution is -0.118. The monoisotopic (exact) mass is 398 g/mol. The average molecular weight is 398 g/mol. The zero-order valence-electron chi connectivity index (χ0n) is 16.2. The van der Waals surface area contributed by atoms with Crippen LogP contribution in [0.5, 0.6) is 0 Å². The maximum absolute atomic E-state index is 12.9. The second kappa shape index (κ2) is 7.74. The highest BCUT2D eigenvalue weighted by atomic mass is 16.2. The van der Waals surface area contributed by atoms with E-state index in [9.17, 15) is 19.2 Å². The Bertz CT molecular complexity index is 1250. The van der Waals surface area contributed by atoms with Gasteiger partial charge in [-0.15, -0.1) is 11.7 Å². The topological polar surface area (TPSA) is 133 Å². The number of aromatic nitrogens is 4. The van der Waals surface area contributed by atoms with Crippen molar-refractivity contribution in [2.45, 2.75) is 39.4 Å². The molecule has 3 N–H and O–H groups in total. The van der Waals surface area contributed by atoms with Crippen LogP contribution in [0.3, 0.4) is 0 Å². The first kappa shape index (κ1) is 20.1. The molecule has 1 atom stereocenters. The molecule has 10 nitrogen and oxygen atoms in total. The van der Waals surface area contributed by atoms with Crippen LogP contribution < -0.4 is 22.3 Å². The van der Waals surface area contributed by atoms with Crippen molar-refractivity contribution in [1.82, 2.24) is 24.1 Å². The number of nitrogens with zero attached hydrogens (tertiary/aromatic N) is 4. The summed E-state index contributed by atoms with van der Waals surface area (Å²) >= 11 is 0. The van der Waals surface area contributed by atoms with E-state index in [0.717, 1.165) is 11.1 Å². The molecule has 0 aliphatic heterocycles. The second-order valence-corrected chi connectivity index (χ2v) is 6.76. The standard InChI is InChI=1S/C19H22N6O4/c1-4-8-23-17(28)13-7-6-12(16(27)21-11(3)5-2)9-14(13)25-18(23)22-24(19(25)29)10-15(20)26/h4,6-7,9,11H,1,5,8,10H2,2-3H3,(H2,20,26)(H,21,27). The molecule has 0 spiro atoms. The molecule has 1 unspecified atom stereocenters. The summed E-state index contributed by atoms with van der Waals surface area (Å²) in [6.07, 6.45) is 2.26. The van der Waals surface area contributed by atoms with Crippen LogP contribution in [0.1, 0.15) is 30.6 Å². The summed E-state index contributed by atoms with van der Waals surface area (Å²) in [6.45, 7) is 7.13. The molecule has 0 saturated carbocycles. The number of amides is 2. The molecule has 0 aliphatic carbocycles. The number of benzene rings is 1. The number of hydrogen-bond acceptors (Lipinski definition) is 5. The molecule has 3 aromatic rings. The highest BCUT2D eigenvalue weighted by Gasteiger charge is 2.19. The highest BCUT2D eigenvalue weighted by molar-refractivity contribution is 5.98. The van der Waals surface area contributed by atoms with Gasteiger partial charge in [-0.3, -0.25) is 19.0 Å². The Hall–Kier alpha value is -3.69. The van der Waals surface area contributed by atoms with Crippen LogP contribution in [0.15, 0.2) is 40.4 Å². The fourth-order valence-electron chi connectivity index (χ4n) is 3.01. The van der Waals surface area contributed by atoms with Crippen molar-refractivity contribution in [3.63, 3.8) is 0 Å². The third-order valence-electron chi connectivity index (χ3n) is 4.65. The van der Waals surface area contributed by atoms with Gasteiger partial charge < -0.3 is 11.1 Å². The van der Waals surface area contributed by atoms with Crippen LogP contribution in [0, 0.1) is 0 Å². The normalized spacial score (nSPS) is 12.2. The van der Waals surface area contributed by atoms with Gasteiger partial charge in [0.25, 0.3) is 11.5 Å². The van der Waals surface area contributed by atoms with Crippen molar-refractivity contribution in [3.8, 4) is 0 Å². The van der Waals surface area contributed by atoms with E-state index in [4.69, 9.17) is 5.73 Å². The van der Waals surface area contributed by atoms with Gasteiger partial charge in [-0.2, -0.15) is 0 Å². The molecule has 0 saturated heterocycles. The molecule has 2 amide bonds. The zero-order chi connectivity index (χ0) is 21.3. The van der Waals surface area contributed by atoms with Crippen molar-refractivity contribution >= 4 is 28.5 Å². The predicted molar refractivity (Wildman–Crippen MR) is 108 cm³/mol. The number of primary amides is 1. The smallest absolute Gasteiger partial charge is 0.352 e. The van der Waals surface area contributed by atoms with Gasteiger partial charge in [0.1, 0.15) is 6.54 Å². The fourth-order valence-corrected chi connectivity index (χ4v) is 3.01. The van der Waals surface area contributed by atoms with E-state index in [1.165, 1.54) is 33.2 Å². The van der Waals surface area contributed by atoms with E-state index in [1.54, 1.807) is 0 Å². The first-order chi connectivity index (χ1) is 13.8. The molecule has 3 rings (SSSR count). The zero-order valence-corrected chi connectivity index (χ0v) is 16.2. The molecule has 0 bridgehead atoms. The Morgan fingerprint density at radius 3 is 2.69 bits per heavy atom. The number of nitrogens with two attached hydrogens (primary N) is 1. The van der Waals surface area contributed by atoms with Gasteiger partial charge in [0.15, 0.2) is 0 Å². The van der Waals surface area contributed by atoms with Crippen LogP contribution in [-0.4, -0.2) is 36.6 Å². The molecule has 2 heterocycles. The van der Waals surface area contributed by atoms with Crippen molar-refractivity contribution in [2.24, 2.45) is 5.73 Å². The van der Waals surface area contributed by atoms with E-state index >= 15 is 0 Å². The van der Waals surface area contributed by atoms with Gasteiger partial charge >= 0.3 is 5.69 Å². The predicted octanol–water partition coefficient (Wildman–Crippen LogP) is 0.0105. The number of fused-ring (bicyclic) bond motifs is 3. The van der Waals surface area contributed by atoms with Crippen LogP contribution in [0.25, 0.3) is 16.7 Å². The summed E-state index contributed by atoms with van der Waals surface area (Å²) in [7, 11) is 0. The molecule has 2 aromatic heterocycles. The average Bonchev–Trinajstić information content (AvgIpc) is 3.00. The lowest BCUT2D eigenvalue weighted by Gasteiger charge is -2.12. The molecular weight excluding hydrogens is 376 g/mol. The minimum Gasteiger partial charge on any atom is -0.368 e. The molecule has 152 valence electrons. The van der Waals surface area contributed by atoms with E-state index in [2.05, 4.69) is 17.0 Å². The van der Waals surface area contributed by atoms with Gasteiger partial charge in [-0.25, -0.2) is 13.9 Å². The SMILES string of the molecule is C=CCn1c(=O)c2ccc(C(=O)NC(C)CC)cc2n2c(=O)n(CC(N)=O)nc12. The van der Waals surface area contributed by atoms with E-state index in [-0.39, 0.29) is 35.2 Å². The first-order valence-corrected chi connectivity index (χ1v) is 9.14. The van der Waals surface area contributed by atoms with Crippen molar-refractivity contribution < 1.29 is 9.59 Å². The molecule has 0 fully saturated rings. The van der Waals surface area contributed by atoms with Crippen molar-refractivity contribution in [2.75, 3.05) is 0 Å². The summed E-state index contributed by atoms with van der Waals surface area (Å²) in [5.74, 6) is -1.03. The number of nitrogens with one attached hydrogen (secondary N) is 1. The van der Waals surface area contributed by atoms with Crippen LogP contribution in [0.4, 0.5) is 0 Å². The minimum absolute atomic E-state index is 0.0279. The maximum Gasteiger partial charge on any atom is 0.352 e. The molecule has 0 radical (unpaired) electrons. The number of carbonyl (C=O) groups is 2. The Morgan fingerprint density at radius 1 is 1.34 bits per heavy atom. The summed E-state index contributed by atoms with van der Waals surface area (Å²) < 4.78 is 3.36. The third kappa shape index (κ3) is 3.56. The Labute approximate surface area is 165 Å².